The molecule has 0 fully saturated rings. The van der Waals surface area contributed by atoms with E-state index in [1.165, 1.54) is 0 Å². The summed E-state index contributed by atoms with van der Waals surface area (Å²) in [7, 11) is 0. The van der Waals surface area contributed by atoms with Gasteiger partial charge >= 0.3 is 0 Å². The summed E-state index contributed by atoms with van der Waals surface area (Å²) in [6.07, 6.45) is 3.74. The van der Waals surface area contributed by atoms with Crippen molar-refractivity contribution in [1.29, 1.82) is 5.26 Å². The van der Waals surface area contributed by atoms with Gasteiger partial charge < -0.3 is 0 Å². The molecule has 0 rings (SSSR count). The third-order valence-electron chi connectivity index (χ3n) is 2.16. The number of unbranched alkanes of at least 4 members (excludes halogenated alkanes) is 2. The zero-order valence-corrected chi connectivity index (χ0v) is 8.53. The smallest absolute Gasteiger partial charge is 0.211 e. The van der Waals surface area contributed by atoms with Crippen LogP contribution in [-0.2, 0) is 0 Å². The molecule has 0 aromatic rings. The Morgan fingerprint density at radius 2 is 2.29 bits per heavy atom. The van der Waals surface area contributed by atoms with Gasteiger partial charge in [-0.2, -0.15) is 5.26 Å². The number of rotatable bonds is 7. The maximum absolute atomic E-state index is 10.3. The summed E-state index contributed by atoms with van der Waals surface area (Å²) in [5.74, 6) is -0.276. The van der Waals surface area contributed by atoms with Gasteiger partial charge in [0.1, 0.15) is 0 Å². The molecule has 4 heteroatoms. The lowest BCUT2D eigenvalue weighted by atomic mass is 9.95. The monoisotopic (exact) mass is 196 g/mol. The fourth-order valence-corrected chi connectivity index (χ4v) is 1.29. The predicted molar refractivity (Wildman–Crippen MR) is 54.2 cm³/mol. The van der Waals surface area contributed by atoms with Crippen LogP contribution in [0.5, 0.6) is 0 Å². The Balaban J connectivity index is 4.05. The number of nitrogens with zero attached hydrogens (tertiary/aromatic N) is 2. The van der Waals surface area contributed by atoms with E-state index in [1.54, 1.807) is 0 Å². The van der Waals surface area contributed by atoms with Crippen molar-refractivity contribution in [1.82, 2.24) is 0 Å². The third kappa shape index (κ3) is 5.31. The van der Waals surface area contributed by atoms with Gasteiger partial charge in [0.05, 0.1) is 12.0 Å². The van der Waals surface area contributed by atoms with Gasteiger partial charge in [-0.1, -0.05) is 32.8 Å². The van der Waals surface area contributed by atoms with Gasteiger partial charge in [-0.25, -0.2) is 0 Å². The van der Waals surface area contributed by atoms with Gasteiger partial charge in [0.25, 0.3) is 0 Å². The minimum absolute atomic E-state index is 0.171. The molecule has 0 saturated carbocycles. The second-order valence-corrected chi connectivity index (χ2v) is 3.35. The van der Waals surface area contributed by atoms with Crippen molar-refractivity contribution in [3.05, 3.63) is 22.3 Å². The topological polar surface area (TPSA) is 66.9 Å². The number of hydrogen-bond acceptors (Lipinski definition) is 3. The second kappa shape index (κ2) is 7.07. The molecule has 14 heavy (non-hydrogen) atoms. The Bertz CT molecular complexity index is 243. The first-order chi connectivity index (χ1) is 6.61. The van der Waals surface area contributed by atoms with E-state index in [-0.39, 0.29) is 17.4 Å². The van der Waals surface area contributed by atoms with Gasteiger partial charge in [0, 0.05) is 10.5 Å². The van der Waals surface area contributed by atoms with Crippen molar-refractivity contribution in [2.24, 2.45) is 5.92 Å². The Kier molecular flexibility index (Phi) is 6.38. The maximum atomic E-state index is 10.3. The molecule has 0 heterocycles. The van der Waals surface area contributed by atoms with E-state index in [0.717, 1.165) is 19.3 Å². The predicted octanol–water partition coefficient (Wildman–Crippen LogP) is 2.54. The van der Waals surface area contributed by atoms with Gasteiger partial charge in [0.2, 0.25) is 6.54 Å². The van der Waals surface area contributed by atoms with E-state index in [2.05, 4.69) is 13.5 Å². The summed E-state index contributed by atoms with van der Waals surface area (Å²) in [5, 5.41) is 18.9. The normalized spacial score (nSPS) is 11.7. The first-order valence-electron chi connectivity index (χ1n) is 4.82. The lowest BCUT2D eigenvalue weighted by Crippen LogP contribution is -2.15. The molecular weight excluding hydrogens is 180 g/mol. The Hall–Kier alpha value is -1.37. The zero-order chi connectivity index (χ0) is 11.0. The standard InChI is InChI=1S/C10H16N2O2/c1-3-4-5-6-10(8-12(13)14)9(2)7-11/h10H,2-6,8H2,1H3. The van der Waals surface area contributed by atoms with E-state index < -0.39 is 0 Å². The van der Waals surface area contributed by atoms with Crippen LogP contribution in [-0.4, -0.2) is 11.5 Å². The van der Waals surface area contributed by atoms with Gasteiger partial charge in [-0.15, -0.1) is 0 Å². The van der Waals surface area contributed by atoms with Gasteiger partial charge in [0.15, 0.2) is 0 Å². The highest BCUT2D eigenvalue weighted by atomic mass is 16.6. The van der Waals surface area contributed by atoms with Crippen molar-refractivity contribution < 1.29 is 4.92 Å². The first kappa shape index (κ1) is 12.6. The summed E-state index contributed by atoms with van der Waals surface area (Å²) in [6, 6.07) is 1.90. The lowest BCUT2D eigenvalue weighted by molar-refractivity contribution is -0.486. The zero-order valence-electron chi connectivity index (χ0n) is 8.53. The molecular formula is C10H16N2O2. The molecule has 1 unspecified atom stereocenters. The Morgan fingerprint density at radius 1 is 1.64 bits per heavy atom. The molecule has 0 aliphatic rings. The summed E-state index contributed by atoms with van der Waals surface area (Å²) in [6.45, 7) is 5.44. The van der Waals surface area contributed by atoms with Crippen LogP contribution in [0.4, 0.5) is 0 Å². The summed E-state index contributed by atoms with van der Waals surface area (Å²) in [4.78, 5) is 9.94. The molecule has 0 amide bonds. The lowest BCUT2D eigenvalue weighted by Gasteiger charge is -2.09. The van der Waals surface area contributed by atoms with Gasteiger partial charge in [-0.3, -0.25) is 10.1 Å². The molecule has 0 aliphatic heterocycles. The second-order valence-electron chi connectivity index (χ2n) is 3.35. The van der Waals surface area contributed by atoms with Crippen molar-refractivity contribution in [3.8, 4) is 6.07 Å². The van der Waals surface area contributed by atoms with Crippen molar-refractivity contribution in [2.45, 2.75) is 32.6 Å². The SMILES string of the molecule is C=C(C#N)C(CCCCC)C[N+](=O)[O-]. The van der Waals surface area contributed by atoms with Crippen LogP contribution in [0.1, 0.15) is 32.6 Å². The van der Waals surface area contributed by atoms with Crippen molar-refractivity contribution in [2.75, 3.05) is 6.54 Å². The van der Waals surface area contributed by atoms with Crippen molar-refractivity contribution in [3.63, 3.8) is 0 Å². The highest BCUT2D eigenvalue weighted by molar-refractivity contribution is 5.19. The molecule has 0 radical (unpaired) electrons. The van der Waals surface area contributed by atoms with Crippen LogP contribution >= 0.6 is 0 Å². The minimum atomic E-state index is -0.376. The molecule has 0 N–H and O–H groups in total. The highest BCUT2D eigenvalue weighted by Gasteiger charge is 2.17. The fourth-order valence-electron chi connectivity index (χ4n) is 1.29. The van der Waals surface area contributed by atoms with E-state index in [9.17, 15) is 10.1 Å². The van der Waals surface area contributed by atoms with Crippen LogP contribution in [0.2, 0.25) is 0 Å². The summed E-state index contributed by atoms with van der Waals surface area (Å²) in [5.41, 5.74) is 0.331. The van der Waals surface area contributed by atoms with E-state index >= 15 is 0 Å². The molecule has 0 bridgehead atoms. The summed E-state index contributed by atoms with van der Waals surface area (Å²) >= 11 is 0. The average Bonchev–Trinajstić information content (AvgIpc) is 2.15. The Morgan fingerprint density at radius 3 is 2.71 bits per heavy atom. The van der Waals surface area contributed by atoms with Crippen LogP contribution in [0.3, 0.4) is 0 Å². The third-order valence-corrected chi connectivity index (χ3v) is 2.16. The van der Waals surface area contributed by atoms with Crippen LogP contribution < -0.4 is 0 Å². The number of hydrogen-bond donors (Lipinski definition) is 0. The van der Waals surface area contributed by atoms with Crippen LogP contribution in [0.15, 0.2) is 12.2 Å². The first-order valence-corrected chi connectivity index (χ1v) is 4.82. The molecule has 78 valence electrons. The van der Waals surface area contributed by atoms with Crippen molar-refractivity contribution >= 4 is 0 Å². The molecule has 0 aliphatic carbocycles. The van der Waals surface area contributed by atoms with E-state index in [4.69, 9.17) is 5.26 Å². The molecule has 0 aromatic carbocycles. The minimum Gasteiger partial charge on any atom is -0.265 e. The molecule has 4 nitrogen and oxygen atoms in total. The quantitative estimate of drug-likeness (QED) is 0.272. The number of nitro groups is 1. The van der Waals surface area contributed by atoms with Crippen LogP contribution in [0.25, 0.3) is 0 Å². The fraction of sp³-hybridized carbons (Fsp3) is 0.700. The van der Waals surface area contributed by atoms with Crippen LogP contribution in [0, 0.1) is 27.4 Å². The maximum Gasteiger partial charge on any atom is 0.211 e. The molecule has 0 saturated heterocycles. The van der Waals surface area contributed by atoms with E-state index in [0.29, 0.717) is 12.0 Å². The highest BCUT2D eigenvalue weighted by Crippen LogP contribution is 2.17. The largest absolute Gasteiger partial charge is 0.265 e. The molecule has 1 atom stereocenters. The number of nitriles is 1. The molecule has 0 aromatic heterocycles. The average molecular weight is 196 g/mol. The van der Waals surface area contributed by atoms with Gasteiger partial charge in [-0.05, 0) is 6.42 Å². The Labute approximate surface area is 84.4 Å². The van der Waals surface area contributed by atoms with E-state index in [1.807, 2.05) is 6.07 Å². The summed E-state index contributed by atoms with van der Waals surface area (Å²) < 4.78 is 0. The molecule has 0 spiro atoms.